The predicted octanol–water partition coefficient (Wildman–Crippen LogP) is 6.31. The predicted molar refractivity (Wildman–Crippen MR) is 127 cm³/mol. The van der Waals surface area contributed by atoms with Gasteiger partial charge < -0.3 is 10.2 Å². The summed E-state index contributed by atoms with van der Waals surface area (Å²) in [7, 11) is 0. The van der Waals surface area contributed by atoms with Crippen molar-refractivity contribution in [1.29, 1.82) is 0 Å². The molecular formula is C29H44O2. The summed E-state index contributed by atoms with van der Waals surface area (Å²) in [6, 6.07) is 8.84. The number of aliphatic hydroxyl groups is 2. The van der Waals surface area contributed by atoms with Crippen LogP contribution in [-0.2, 0) is 6.42 Å². The molecule has 2 heteroatoms. The molecule has 0 spiro atoms. The first-order valence-electron chi connectivity index (χ1n) is 13.2. The molecule has 0 heterocycles. The van der Waals surface area contributed by atoms with Gasteiger partial charge in [0.15, 0.2) is 0 Å². The van der Waals surface area contributed by atoms with Crippen molar-refractivity contribution in [2.75, 3.05) is 0 Å². The standard InChI is InChI=1S/C29H44O2/c1-19-4-6-20(7-5-19)8-13-27(31)26-12-11-24-23-10-9-21-18-22(30)14-16-28(21,2)25(23)15-17-29(24,26)3/h4-7,21-27,30-31H,8-18H2,1-3H3/t21-,22-,23-,24-,25-,26+,27-,28-,29-/m0/s1. The Kier molecular flexibility index (Phi) is 5.79. The topological polar surface area (TPSA) is 40.5 Å². The van der Waals surface area contributed by atoms with Crippen LogP contribution in [0, 0.1) is 47.3 Å². The highest BCUT2D eigenvalue weighted by atomic mass is 16.3. The molecule has 4 aliphatic rings. The van der Waals surface area contributed by atoms with Crippen molar-refractivity contribution < 1.29 is 10.2 Å². The van der Waals surface area contributed by atoms with Crippen molar-refractivity contribution in [1.82, 2.24) is 0 Å². The third kappa shape index (κ3) is 3.70. The summed E-state index contributed by atoms with van der Waals surface area (Å²) in [6.45, 7) is 7.25. The molecule has 2 nitrogen and oxygen atoms in total. The van der Waals surface area contributed by atoms with E-state index in [4.69, 9.17) is 0 Å². The largest absolute Gasteiger partial charge is 0.393 e. The minimum Gasteiger partial charge on any atom is -0.393 e. The maximum absolute atomic E-state index is 11.3. The number of hydrogen-bond acceptors (Lipinski definition) is 2. The van der Waals surface area contributed by atoms with Crippen LogP contribution < -0.4 is 0 Å². The van der Waals surface area contributed by atoms with Crippen molar-refractivity contribution >= 4 is 0 Å². The summed E-state index contributed by atoms with van der Waals surface area (Å²) in [5.74, 6) is 3.71. The zero-order chi connectivity index (χ0) is 21.8. The first kappa shape index (κ1) is 22.0. The molecule has 172 valence electrons. The Bertz CT molecular complexity index is 771. The van der Waals surface area contributed by atoms with E-state index in [1.807, 2.05) is 0 Å². The molecule has 0 unspecified atom stereocenters. The molecular weight excluding hydrogens is 380 g/mol. The van der Waals surface area contributed by atoms with Gasteiger partial charge in [0, 0.05) is 0 Å². The van der Waals surface area contributed by atoms with E-state index in [1.165, 1.54) is 56.1 Å². The van der Waals surface area contributed by atoms with Gasteiger partial charge in [0.1, 0.15) is 0 Å². The minimum absolute atomic E-state index is 0.0528. The Balaban J connectivity index is 1.28. The second kappa shape index (κ2) is 8.17. The van der Waals surface area contributed by atoms with Crippen molar-refractivity contribution in [3.05, 3.63) is 35.4 Å². The van der Waals surface area contributed by atoms with Gasteiger partial charge in [-0.3, -0.25) is 0 Å². The summed E-state index contributed by atoms with van der Waals surface area (Å²) >= 11 is 0. The quantitative estimate of drug-likeness (QED) is 0.595. The van der Waals surface area contributed by atoms with Crippen molar-refractivity contribution in [3.8, 4) is 0 Å². The maximum atomic E-state index is 11.3. The molecule has 0 amide bonds. The highest BCUT2D eigenvalue weighted by Gasteiger charge is 2.60. The molecule has 0 saturated heterocycles. The summed E-state index contributed by atoms with van der Waals surface area (Å²) in [4.78, 5) is 0. The van der Waals surface area contributed by atoms with E-state index in [9.17, 15) is 10.2 Å². The molecule has 4 saturated carbocycles. The van der Waals surface area contributed by atoms with Crippen LogP contribution in [0.5, 0.6) is 0 Å². The van der Waals surface area contributed by atoms with E-state index < -0.39 is 0 Å². The molecule has 0 bridgehead atoms. The van der Waals surface area contributed by atoms with Crippen molar-refractivity contribution in [3.63, 3.8) is 0 Å². The maximum Gasteiger partial charge on any atom is 0.0576 e. The highest BCUT2D eigenvalue weighted by Crippen LogP contribution is 2.67. The van der Waals surface area contributed by atoms with Crippen LogP contribution in [0.15, 0.2) is 24.3 Å². The molecule has 4 fully saturated rings. The van der Waals surface area contributed by atoms with Crippen LogP contribution in [0.1, 0.15) is 89.2 Å². The minimum atomic E-state index is -0.162. The molecule has 1 aromatic rings. The van der Waals surface area contributed by atoms with Crippen LogP contribution >= 0.6 is 0 Å². The second-order valence-electron chi connectivity index (χ2n) is 12.4. The zero-order valence-corrected chi connectivity index (χ0v) is 20.0. The Morgan fingerprint density at radius 2 is 1.61 bits per heavy atom. The van der Waals surface area contributed by atoms with Crippen LogP contribution in [0.4, 0.5) is 0 Å². The lowest BCUT2D eigenvalue weighted by molar-refractivity contribution is -0.133. The monoisotopic (exact) mass is 424 g/mol. The normalized spacial score (nSPS) is 45.5. The number of benzene rings is 1. The second-order valence-corrected chi connectivity index (χ2v) is 12.4. The fraction of sp³-hybridized carbons (Fsp3) is 0.793. The first-order valence-corrected chi connectivity index (χ1v) is 13.2. The number of aliphatic hydroxyl groups excluding tert-OH is 2. The highest BCUT2D eigenvalue weighted by molar-refractivity contribution is 5.21. The summed E-state index contributed by atoms with van der Waals surface area (Å²) in [6.07, 6.45) is 12.9. The van der Waals surface area contributed by atoms with Crippen LogP contribution in [0.3, 0.4) is 0 Å². The van der Waals surface area contributed by atoms with Gasteiger partial charge in [0.25, 0.3) is 0 Å². The van der Waals surface area contributed by atoms with Gasteiger partial charge in [-0.2, -0.15) is 0 Å². The van der Waals surface area contributed by atoms with E-state index in [1.54, 1.807) is 0 Å². The van der Waals surface area contributed by atoms with E-state index in [0.29, 0.717) is 16.7 Å². The molecule has 0 aromatic heterocycles. The molecule has 9 atom stereocenters. The lowest BCUT2D eigenvalue weighted by Crippen LogP contribution is -2.54. The number of aryl methyl sites for hydroxylation is 2. The van der Waals surface area contributed by atoms with E-state index in [2.05, 4.69) is 45.0 Å². The lowest BCUT2D eigenvalue weighted by atomic mass is 9.44. The average Bonchev–Trinajstić information content (AvgIpc) is 3.11. The molecule has 4 aliphatic carbocycles. The fourth-order valence-corrected chi connectivity index (χ4v) is 9.18. The molecule has 2 N–H and O–H groups in total. The number of rotatable bonds is 4. The first-order chi connectivity index (χ1) is 14.8. The lowest BCUT2D eigenvalue weighted by Gasteiger charge is -2.61. The SMILES string of the molecule is Cc1ccc(CC[C@H](O)[C@H]2CC[C@H]3[C@@H]4CC[C@H]5C[C@@H](O)CC[C@]5(C)[C@H]4CC[C@]23C)cc1. The average molecular weight is 425 g/mol. The van der Waals surface area contributed by atoms with Gasteiger partial charge in [-0.1, -0.05) is 43.7 Å². The van der Waals surface area contributed by atoms with Gasteiger partial charge >= 0.3 is 0 Å². The number of fused-ring (bicyclic) bond motifs is 5. The van der Waals surface area contributed by atoms with Crippen molar-refractivity contribution in [2.24, 2.45) is 40.4 Å². The Labute approximate surface area is 189 Å². The number of hydrogen-bond donors (Lipinski definition) is 2. The zero-order valence-electron chi connectivity index (χ0n) is 20.0. The van der Waals surface area contributed by atoms with Gasteiger partial charge in [-0.15, -0.1) is 0 Å². The third-order valence-corrected chi connectivity index (χ3v) is 11.0. The van der Waals surface area contributed by atoms with Gasteiger partial charge in [0.2, 0.25) is 0 Å². The Hall–Kier alpha value is -0.860. The van der Waals surface area contributed by atoms with E-state index >= 15 is 0 Å². The molecule has 31 heavy (non-hydrogen) atoms. The summed E-state index contributed by atoms with van der Waals surface area (Å²) in [5, 5.41) is 21.6. The van der Waals surface area contributed by atoms with E-state index in [-0.39, 0.29) is 12.2 Å². The molecule has 0 aliphatic heterocycles. The molecule has 0 radical (unpaired) electrons. The Morgan fingerprint density at radius 3 is 2.39 bits per heavy atom. The van der Waals surface area contributed by atoms with Crippen LogP contribution in [-0.4, -0.2) is 22.4 Å². The van der Waals surface area contributed by atoms with Crippen LogP contribution in [0.2, 0.25) is 0 Å². The molecule has 5 rings (SSSR count). The van der Waals surface area contributed by atoms with Gasteiger partial charge in [0.05, 0.1) is 12.2 Å². The van der Waals surface area contributed by atoms with Gasteiger partial charge in [-0.05, 0) is 124 Å². The Morgan fingerprint density at radius 1 is 0.903 bits per heavy atom. The van der Waals surface area contributed by atoms with E-state index in [0.717, 1.165) is 49.4 Å². The smallest absolute Gasteiger partial charge is 0.0576 e. The van der Waals surface area contributed by atoms with Crippen molar-refractivity contribution in [2.45, 2.75) is 104 Å². The van der Waals surface area contributed by atoms with Gasteiger partial charge in [-0.25, -0.2) is 0 Å². The third-order valence-electron chi connectivity index (χ3n) is 11.0. The van der Waals surface area contributed by atoms with Crippen LogP contribution in [0.25, 0.3) is 0 Å². The molecule has 1 aromatic carbocycles. The summed E-state index contributed by atoms with van der Waals surface area (Å²) in [5.41, 5.74) is 3.44. The fourth-order valence-electron chi connectivity index (χ4n) is 9.18. The summed E-state index contributed by atoms with van der Waals surface area (Å²) < 4.78 is 0.